The first kappa shape index (κ1) is 18.1. The summed E-state index contributed by atoms with van der Waals surface area (Å²) >= 11 is 0. The molecule has 0 spiro atoms. The van der Waals surface area contributed by atoms with Gasteiger partial charge < -0.3 is 15.2 Å². The van der Waals surface area contributed by atoms with E-state index in [0.717, 1.165) is 23.0 Å². The van der Waals surface area contributed by atoms with Crippen LogP contribution < -0.4 is 5.32 Å². The molecule has 3 aromatic rings. The second kappa shape index (κ2) is 7.41. The molecule has 1 saturated heterocycles. The van der Waals surface area contributed by atoms with Crippen molar-refractivity contribution in [3.63, 3.8) is 0 Å². The Morgan fingerprint density at radius 3 is 3.04 bits per heavy atom. The first-order valence-electron chi connectivity index (χ1n) is 9.39. The van der Waals surface area contributed by atoms with Crippen molar-refractivity contribution in [2.75, 3.05) is 19.6 Å². The van der Waals surface area contributed by atoms with Gasteiger partial charge in [0.1, 0.15) is 5.69 Å². The highest BCUT2D eigenvalue weighted by atomic mass is 16.6. The lowest BCUT2D eigenvalue weighted by Gasteiger charge is -2.17. The predicted molar refractivity (Wildman–Crippen MR) is 101 cm³/mol. The Morgan fingerprint density at radius 1 is 1.36 bits per heavy atom. The first-order chi connectivity index (χ1) is 13.6. The molecule has 2 N–H and O–H groups in total. The maximum Gasteiger partial charge on any atom is 0.275 e. The summed E-state index contributed by atoms with van der Waals surface area (Å²) in [5.74, 6) is -0.0829. The van der Waals surface area contributed by atoms with Gasteiger partial charge in [-0.1, -0.05) is 12.1 Å². The fourth-order valence-corrected chi connectivity index (χ4v) is 3.65. The molecule has 2 aromatic heterocycles. The molecule has 1 aliphatic rings. The molecule has 0 saturated carbocycles. The van der Waals surface area contributed by atoms with Crippen molar-refractivity contribution in [2.24, 2.45) is 5.92 Å². The monoisotopic (exact) mass is 382 g/mol. The number of nitrogens with zero attached hydrogens (tertiary/aromatic N) is 4. The Bertz CT molecular complexity index is 1020. The molecule has 4 rings (SSSR count). The van der Waals surface area contributed by atoms with E-state index in [0.29, 0.717) is 37.3 Å². The summed E-state index contributed by atoms with van der Waals surface area (Å²) in [6, 6.07) is 3.72. The number of aromatic nitrogens is 4. The summed E-state index contributed by atoms with van der Waals surface area (Å²) in [7, 11) is 0. The van der Waals surface area contributed by atoms with Crippen LogP contribution in [-0.4, -0.2) is 56.6 Å². The average Bonchev–Trinajstić information content (AvgIpc) is 3.45. The van der Waals surface area contributed by atoms with Gasteiger partial charge in [0.15, 0.2) is 5.69 Å². The molecule has 0 radical (unpaired) electrons. The van der Waals surface area contributed by atoms with E-state index in [4.69, 9.17) is 0 Å². The number of hydrogen-bond donors (Lipinski definition) is 2. The number of benzene rings is 1. The predicted octanol–water partition coefficient (Wildman–Crippen LogP) is 1.71. The summed E-state index contributed by atoms with van der Waals surface area (Å²) in [6.45, 7) is 5.60. The van der Waals surface area contributed by atoms with Crippen LogP contribution in [0, 0.1) is 12.8 Å². The van der Waals surface area contributed by atoms with Gasteiger partial charge in [0.05, 0.1) is 17.4 Å². The van der Waals surface area contributed by atoms with Crippen LogP contribution in [0.4, 0.5) is 0 Å². The molecule has 28 heavy (non-hydrogen) atoms. The highest BCUT2D eigenvalue weighted by Gasteiger charge is 2.28. The fraction of sp³-hybridized carbons (Fsp3) is 0.421. The quantitative estimate of drug-likeness (QED) is 0.694. The molecule has 9 heteroatoms. The Labute approximate surface area is 161 Å². The SMILES string of the molecule is CCc1nonc1C(=O)NCC1CCN(C(=O)c2cc(C)c3nc[nH]c3c2)C1. The minimum Gasteiger partial charge on any atom is -0.350 e. The topological polar surface area (TPSA) is 117 Å². The van der Waals surface area contributed by atoms with Crippen molar-refractivity contribution in [3.05, 3.63) is 41.0 Å². The Hall–Kier alpha value is -3.23. The summed E-state index contributed by atoms with van der Waals surface area (Å²) in [5, 5.41) is 10.3. The van der Waals surface area contributed by atoms with Gasteiger partial charge in [-0.25, -0.2) is 9.61 Å². The van der Waals surface area contributed by atoms with E-state index < -0.39 is 0 Å². The van der Waals surface area contributed by atoms with Gasteiger partial charge in [-0.15, -0.1) is 0 Å². The molecule has 146 valence electrons. The minimum atomic E-state index is -0.289. The average molecular weight is 382 g/mol. The molecule has 9 nitrogen and oxygen atoms in total. The Morgan fingerprint density at radius 2 is 2.21 bits per heavy atom. The van der Waals surface area contributed by atoms with Crippen LogP contribution in [0.5, 0.6) is 0 Å². The number of amides is 2. The number of rotatable bonds is 5. The van der Waals surface area contributed by atoms with Gasteiger partial charge in [-0.2, -0.15) is 0 Å². The number of fused-ring (bicyclic) bond motifs is 1. The third-order valence-corrected chi connectivity index (χ3v) is 5.19. The van der Waals surface area contributed by atoms with E-state index in [1.165, 1.54) is 0 Å². The molecule has 0 bridgehead atoms. The maximum atomic E-state index is 12.9. The second-order valence-electron chi connectivity index (χ2n) is 7.12. The van der Waals surface area contributed by atoms with E-state index in [9.17, 15) is 9.59 Å². The number of H-pyrrole nitrogens is 1. The molecule has 1 aliphatic heterocycles. The molecule has 1 fully saturated rings. The van der Waals surface area contributed by atoms with E-state index in [2.05, 4.69) is 30.2 Å². The first-order valence-corrected chi connectivity index (χ1v) is 9.39. The number of hydrogen-bond acceptors (Lipinski definition) is 6. The van der Waals surface area contributed by atoms with E-state index in [1.807, 2.05) is 30.9 Å². The summed E-state index contributed by atoms with van der Waals surface area (Å²) in [4.78, 5) is 34.3. The van der Waals surface area contributed by atoms with Gasteiger partial charge >= 0.3 is 0 Å². The van der Waals surface area contributed by atoms with Crippen LogP contribution in [0.1, 0.15) is 45.4 Å². The van der Waals surface area contributed by atoms with Crippen LogP contribution in [0.3, 0.4) is 0 Å². The molecular weight excluding hydrogens is 360 g/mol. The number of likely N-dealkylation sites (tertiary alicyclic amines) is 1. The van der Waals surface area contributed by atoms with Gasteiger partial charge in [0.2, 0.25) is 0 Å². The zero-order valence-corrected chi connectivity index (χ0v) is 15.9. The van der Waals surface area contributed by atoms with E-state index in [1.54, 1.807) is 6.33 Å². The lowest BCUT2D eigenvalue weighted by molar-refractivity contribution is 0.0787. The van der Waals surface area contributed by atoms with Gasteiger partial charge in [-0.05, 0) is 48.5 Å². The van der Waals surface area contributed by atoms with Crippen LogP contribution in [-0.2, 0) is 6.42 Å². The number of nitrogens with one attached hydrogen (secondary N) is 2. The third-order valence-electron chi connectivity index (χ3n) is 5.19. The normalized spacial score (nSPS) is 16.6. The highest BCUT2D eigenvalue weighted by molar-refractivity contribution is 5.98. The smallest absolute Gasteiger partial charge is 0.275 e. The van der Waals surface area contributed by atoms with Crippen LogP contribution in [0.15, 0.2) is 23.1 Å². The molecule has 1 aromatic carbocycles. The Kier molecular flexibility index (Phi) is 4.81. The zero-order chi connectivity index (χ0) is 19.7. The molecule has 1 unspecified atom stereocenters. The number of aromatic amines is 1. The lowest BCUT2D eigenvalue weighted by atomic mass is 10.1. The number of aryl methyl sites for hydroxylation is 2. The molecule has 1 atom stereocenters. The molecular formula is C19H22N6O3. The van der Waals surface area contributed by atoms with E-state index in [-0.39, 0.29) is 23.4 Å². The lowest BCUT2D eigenvalue weighted by Crippen LogP contribution is -2.33. The highest BCUT2D eigenvalue weighted by Crippen LogP contribution is 2.22. The summed E-state index contributed by atoms with van der Waals surface area (Å²) in [5.41, 5.74) is 4.15. The Balaban J connectivity index is 1.37. The van der Waals surface area contributed by atoms with E-state index >= 15 is 0 Å². The van der Waals surface area contributed by atoms with Crippen molar-refractivity contribution in [1.29, 1.82) is 0 Å². The number of carbonyl (C=O) groups excluding carboxylic acids is 2. The maximum absolute atomic E-state index is 12.9. The van der Waals surface area contributed by atoms with Gasteiger partial charge in [-0.3, -0.25) is 9.59 Å². The number of carbonyl (C=O) groups is 2. The standard InChI is InChI=1S/C19H22N6O3/c1-3-14-17(24-28-23-14)18(26)20-8-12-4-5-25(9-12)19(27)13-6-11(2)16-15(7-13)21-10-22-16/h6-7,10,12H,3-5,8-9H2,1-2H3,(H,20,26)(H,21,22). The zero-order valence-electron chi connectivity index (χ0n) is 15.9. The van der Waals surface area contributed by atoms with Gasteiger partial charge in [0, 0.05) is 25.2 Å². The van der Waals surface area contributed by atoms with Crippen LogP contribution in [0.2, 0.25) is 0 Å². The molecule has 2 amide bonds. The van der Waals surface area contributed by atoms with Crippen molar-refractivity contribution < 1.29 is 14.2 Å². The third kappa shape index (κ3) is 3.35. The minimum absolute atomic E-state index is 0.00222. The van der Waals surface area contributed by atoms with Crippen LogP contribution >= 0.6 is 0 Å². The summed E-state index contributed by atoms with van der Waals surface area (Å²) in [6.07, 6.45) is 3.06. The van der Waals surface area contributed by atoms with Crippen molar-refractivity contribution in [2.45, 2.75) is 26.7 Å². The molecule has 3 heterocycles. The largest absolute Gasteiger partial charge is 0.350 e. The fourth-order valence-electron chi connectivity index (χ4n) is 3.65. The second-order valence-corrected chi connectivity index (χ2v) is 7.12. The summed E-state index contributed by atoms with van der Waals surface area (Å²) < 4.78 is 4.64. The van der Waals surface area contributed by atoms with Crippen LogP contribution in [0.25, 0.3) is 11.0 Å². The number of imidazole rings is 1. The molecule has 0 aliphatic carbocycles. The van der Waals surface area contributed by atoms with Crippen molar-refractivity contribution >= 4 is 22.8 Å². The van der Waals surface area contributed by atoms with Crippen molar-refractivity contribution in [3.8, 4) is 0 Å². The van der Waals surface area contributed by atoms with Gasteiger partial charge in [0.25, 0.3) is 11.8 Å². The van der Waals surface area contributed by atoms with Crippen molar-refractivity contribution in [1.82, 2.24) is 30.5 Å².